The molecule has 4 N–H and O–H groups in total. The molecule has 3 aliphatic heterocycles. The summed E-state index contributed by atoms with van der Waals surface area (Å²) in [5.74, 6) is 8.25. The van der Waals surface area contributed by atoms with E-state index in [1.807, 2.05) is 39.5 Å². The second kappa shape index (κ2) is 20.8. The first-order chi connectivity index (χ1) is 16.6. The molecule has 0 radical (unpaired) electrons. The summed E-state index contributed by atoms with van der Waals surface area (Å²) in [5.41, 5.74) is 11.0. The monoisotopic (exact) mass is 585 g/mol. The SMILES string of the molecule is C=C(N)OC.C=C(N)OCC.CC1CS(=O)(=O)C1.CC1CS(=O)C1.CC1CSC1.Cc1csc(C)n1. The van der Waals surface area contributed by atoms with Crippen LogP contribution in [0.5, 0.6) is 0 Å². The van der Waals surface area contributed by atoms with E-state index in [4.69, 9.17) is 11.5 Å². The van der Waals surface area contributed by atoms with Gasteiger partial charge in [-0.1, -0.05) is 20.8 Å². The molecule has 0 unspecified atom stereocenters. The van der Waals surface area contributed by atoms with Gasteiger partial charge in [-0.25, -0.2) is 13.4 Å². The third-order valence-electron chi connectivity index (χ3n) is 4.15. The van der Waals surface area contributed by atoms with Gasteiger partial charge in [0.1, 0.15) is 0 Å². The number of rotatable bonds is 3. The van der Waals surface area contributed by atoms with Crippen LogP contribution >= 0.6 is 23.1 Å². The average Bonchev–Trinajstić information content (AvgIpc) is 3.09. The highest BCUT2D eigenvalue weighted by Crippen LogP contribution is 2.22. The van der Waals surface area contributed by atoms with E-state index in [2.05, 4.69) is 46.8 Å². The molecule has 4 rings (SSSR count). The lowest BCUT2D eigenvalue weighted by atomic mass is 10.2. The van der Waals surface area contributed by atoms with Crippen molar-refractivity contribution in [3.05, 3.63) is 41.0 Å². The molecule has 0 spiro atoms. The number of ether oxygens (including phenoxy) is 2. The third-order valence-corrected chi connectivity index (χ3v) is 10.7. The minimum Gasteiger partial charge on any atom is -0.483 e. The van der Waals surface area contributed by atoms with Crippen molar-refractivity contribution in [1.29, 1.82) is 0 Å². The largest absolute Gasteiger partial charge is 0.483 e. The van der Waals surface area contributed by atoms with Gasteiger partial charge in [0.15, 0.2) is 21.6 Å². The lowest BCUT2D eigenvalue weighted by molar-refractivity contribution is 0.228. The van der Waals surface area contributed by atoms with Gasteiger partial charge in [0.25, 0.3) is 0 Å². The number of methoxy groups -OCH3 is 1. The summed E-state index contributed by atoms with van der Waals surface area (Å²) in [4.78, 5) is 4.13. The fourth-order valence-corrected chi connectivity index (χ4v) is 6.52. The quantitative estimate of drug-likeness (QED) is 0.503. The fourth-order valence-electron chi connectivity index (χ4n) is 2.41. The number of thioether (sulfide) groups is 1. The van der Waals surface area contributed by atoms with Crippen molar-refractivity contribution in [3.63, 3.8) is 0 Å². The minimum atomic E-state index is -2.53. The van der Waals surface area contributed by atoms with Crippen LogP contribution in [0.3, 0.4) is 0 Å². The molecule has 0 atom stereocenters. The van der Waals surface area contributed by atoms with Crippen LogP contribution in [0.25, 0.3) is 0 Å². The molecule has 0 bridgehead atoms. The molecule has 4 heterocycles. The molecule has 36 heavy (non-hydrogen) atoms. The van der Waals surface area contributed by atoms with Gasteiger partial charge in [0, 0.05) is 33.4 Å². The predicted octanol–water partition coefficient (Wildman–Crippen LogP) is 4.08. The number of hydrogen-bond donors (Lipinski definition) is 2. The molecule has 1 aromatic heterocycles. The number of aryl methyl sites for hydroxylation is 2. The Morgan fingerprint density at radius 3 is 1.58 bits per heavy atom. The molecule has 0 saturated carbocycles. The van der Waals surface area contributed by atoms with E-state index in [-0.39, 0.29) is 11.8 Å². The summed E-state index contributed by atoms with van der Waals surface area (Å²) < 4.78 is 39.8. The third kappa shape index (κ3) is 24.5. The summed E-state index contributed by atoms with van der Waals surface area (Å²) in [6, 6.07) is 0. The number of nitrogens with two attached hydrogens (primary N) is 2. The van der Waals surface area contributed by atoms with E-state index in [1.165, 1.54) is 18.6 Å². The predicted molar refractivity (Wildman–Crippen MR) is 158 cm³/mol. The lowest BCUT2D eigenvalue weighted by Gasteiger charge is -2.20. The van der Waals surface area contributed by atoms with Crippen molar-refractivity contribution in [1.82, 2.24) is 4.98 Å². The van der Waals surface area contributed by atoms with Crippen LogP contribution in [0, 0.1) is 31.6 Å². The van der Waals surface area contributed by atoms with Crippen LogP contribution in [0.15, 0.2) is 30.3 Å². The lowest BCUT2D eigenvalue weighted by Crippen LogP contribution is -2.33. The molecular weight excluding hydrogens is 539 g/mol. The number of aromatic nitrogens is 1. The van der Waals surface area contributed by atoms with E-state index >= 15 is 0 Å². The van der Waals surface area contributed by atoms with Gasteiger partial charge in [-0.15, -0.1) is 11.3 Å². The van der Waals surface area contributed by atoms with Crippen LogP contribution in [0.2, 0.25) is 0 Å². The highest BCUT2D eigenvalue weighted by molar-refractivity contribution is 8.00. The van der Waals surface area contributed by atoms with Crippen LogP contribution in [0.1, 0.15) is 38.4 Å². The zero-order valence-corrected chi connectivity index (χ0v) is 26.2. The summed E-state index contributed by atoms with van der Waals surface area (Å²) in [7, 11) is -1.48. The molecule has 12 heteroatoms. The maximum atomic E-state index is 10.3. The van der Waals surface area contributed by atoms with Gasteiger partial charge in [0.05, 0.1) is 30.2 Å². The van der Waals surface area contributed by atoms with E-state index < -0.39 is 20.6 Å². The second-order valence-electron chi connectivity index (χ2n) is 8.78. The number of nitrogens with zero attached hydrogens (tertiary/aromatic N) is 1. The van der Waals surface area contributed by atoms with Crippen molar-refractivity contribution in [2.75, 3.05) is 48.2 Å². The summed E-state index contributed by atoms with van der Waals surface area (Å²) in [6.07, 6.45) is 0. The van der Waals surface area contributed by atoms with Crippen molar-refractivity contribution in [3.8, 4) is 0 Å². The van der Waals surface area contributed by atoms with Crippen LogP contribution in [-0.4, -0.2) is 65.8 Å². The molecule has 0 amide bonds. The van der Waals surface area contributed by atoms with Gasteiger partial charge in [-0.3, -0.25) is 4.21 Å². The Morgan fingerprint density at radius 1 is 1.08 bits per heavy atom. The topological polar surface area (TPSA) is 135 Å². The van der Waals surface area contributed by atoms with E-state index in [9.17, 15) is 12.6 Å². The highest BCUT2D eigenvalue weighted by atomic mass is 32.2. The Morgan fingerprint density at radius 2 is 1.56 bits per heavy atom. The van der Waals surface area contributed by atoms with E-state index in [0.717, 1.165) is 34.0 Å². The van der Waals surface area contributed by atoms with Crippen molar-refractivity contribution in [2.45, 2.75) is 41.5 Å². The zero-order valence-electron chi connectivity index (χ0n) is 22.9. The molecule has 0 aliphatic carbocycles. The van der Waals surface area contributed by atoms with E-state index in [1.54, 1.807) is 11.3 Å². The Kier molecular flexibility index (Phi) is 21.3. The normalized spacial score (nSPS) is 20.8. The zero-order chi connectivity index (χ0) is 28.3. The smallest absolute Gasteiger partial charge is 0.176 e. The Labute approximate surface area is 230 Å². The molecule has 0 aromatic carbocycles. The van der Waals surface area contributed by atoms with Crippen molar-refractivity contribution < 1.29 is 22.1 Å². The standard InChI is InChI=1S/C5H7NS.C4H9NO.C4H8O2S.C4H8OS.C4H8S.C3H7NO/c1-4-3-7-5(2)6-4;1-3-6-4(2)5;1-4-2-7(5,6)3-4;1-4-2-6(5)3-4;1-4-2-5-3-4;1-3(4)5-2/h3H,1-2H3;2-3,5H2,1H3;4H,2-3H2,1H3;4H,2-3H2,1H3;4H,2-3H2,1H3;1,4H2,2H3. The van der Waals surface area contributed by atoms with Gasteiger partial charge < -0.3 is 20.9 Å². The van der Waals surface area contributed by atoms with Gasteiger partial charge in [-0.2, -0.15) is 11.8 Å². The number of sulfone groups is 1. The number of hydrogen-bond acceptors (Lipinski definition) is 10. The van der Waals surface area contributed by atoms with Crippen LogP contribution in [-0.2, 0) is 30.1 Å². The van der Waals surface area contributed by atoms with E-state index in [0.29, 0.717) is 24.0 Å². The van der Waals surface area contributed by atoms with Crippen LogP contribution < -0.4 is 11.5 Å². The van der Waals surface area contributed by atoms with Crippen molar-refractivity contribution in [2.24, 2.45) is 29.2 Å². The first-order valence-corrected chi connectivity index (χ1v) is 17.0. The molecule has 3 fully saturated rings. The maximum Gasteiger partial charge on any atom is 0.176 e. The first kappa shape index (κ1) is 36.9. The fraction of sp³-hybridized carbons (Fsp3) is 0.708. The molecular formula is C24H47N3O5S4. The average molecular weight is 586 g/mol. The second-order valence-corrected chi connectivity index (χ2v) is 14.6. The maximum absolute atomic E-state index is 10.3. The molecule has 212 valence electrons. The summed E-state index contributed by atoms with van der Waals surface area (Å²) >= 11 is 3.74. The van der Waals surface area contributed by atoms with Gasteiger partial charge in [-0.05, 0) is 63.2 Å². The summed E-state index contributed by atoms with van der Waals surface area (Å²) in [6.45, 7) is 19.4. The van der Waals surface area contributed by atoms with Crippen molar-refractivity contribution >= 4 is 43.7 Å². The Hall–Kier alpha value is -1.24. The minimum absolute atomic E-state index is 0.255. The Balaban J connectivity index is 0. The highest BCUT2D eigenvalue weighted by Gasteiger charge is 2.28. The summed E-state index contributed by atoms with van der Waals surface area (Å²) in [5, 5.41) is 3.20. The Bertz CT molecular complexity index is 827. The molecule has 1 aromatic rings. The van der Waals surface area contributed by atoms with Gasteiger partial charge >= 0.3 is 0 Å². The first-order valence-electron chi connectivity index (χ1n) is 11.7. The van der Waals surface area contributed by atoms with Crippen LogP contribution in [0.4, 0.5) is 0 Å². The van der Waals surface area contributed by atoms with Gasteiger partial charge in [0.2, 0.25) is 0 Å². The molecule has 3 saturated heterocycles. The number of thiazole rings is 1. The molecule has 3 aliphatic rings. The molecule has 8 nitrogen and oxygen atoms in total.